The molecule has 0 aliphatic carbocycles. The van der Waals surface area contributed by atoms with Crippen LogP contribution in [-0.4, -0.2) is 63.2 Å². The van der Waals surface area contributed by atoms with Crippen molar-refractivity contribution < 1.29 is 22.7 Å². The molecule has 8 nitrogen and oxygen atoms in total. The molecular formula is C31H39N3O5S2. The van der Waals surface area contributed by atoms with Crippen LogP contribution in [-0.2, 0) is 26.0 Å². The highest BCUT2D eigenvalue weighted by Gasteiger charge is 2.32. The molecule has 0 bridgehead atoms. The predicted molar refractivity (Wildman–Crippen MR) is 165 cm³/mol. The molecule has 0 aromatic heterocycles. The van der Waals surface area contributed by atoms with Gasteiger partial charge in [-0.1, -0.05) is 30.3 Å². The second kappa shape index (κ2) is 14.9. The number of hydrogen-bond donors (Lipinski definition) is 1. The fourth-order valence-electron chi connectivity index (χ4n) is 4.25. The van der Waals surface area contributed by atoms with Crippen LogP contribution in [0, 0.1) is 0 Å². The zero-order chi connectivity index (χ0) is 30.0. The molecule has 10 heteroatoms. The summed E-state index contributed by atoms with van der Waals surface area (Å²) in [6.45, 7) is 7.46. The minimum absolute atomic E-state index is 0.0680. The Balaban J connectivity index is 1.99. The molecule has 220 valence electrons. The molecule has 0 aliphatic heterocycles. The van der Waals surface area contributed by atoms with Crippen LogP contribution in [0.5, 0.6) is 5.75 Å². The lowest BCUT2D eigenvalue weighted by atomic mass is 10.1. The topological polar surface area (TPSA) is 96.0 Å². The first-order valence-corrected chi connectivity index (χ1v) is 16.3. The average Bonchev–Trinajstić information content (AvgIpc) is 2.96. The largest absolute Gasteiger partial charge is 0.494 e. The van der Waals surface area contributed by atoms with E-state index >= 15 is 0 Å². The number of sulfonamides is 1. The van der Waals surface area contributed by atoms with E-state index in [0.717, 1.165) is 14.8 Å². The van der Waals surface area contributed by atoms with Gasteiger partial charge in [-0.25, -0.2) is 8.42 Å². The van der Waals surface area contributed by atoms with E-state index in [1.165, 1.54) is 16.7 Å². The summed E-state index contributed by atoms with van der Waals surface area (Å²) in [4.78, 5) is 29.4. The fourth-order valence-corrected chi connectivity index (χ4v) is 6.08. The third-order valence-electron chi connectivity index (χ3n) is 6.44. The van der Waals surface area contributed by atoms with E-state index < -0.39 is 28.5 Å². The number of benzene rings is 3. The Morgan fingerprint density at radius 1 is 0.927 bits per heavy atom. The van der Waals surface area contributed by atoms with Crippen molar-refractivity contribution in [2.24, 2.45) is 0 Å². The van der Waals surface area contributed by atoms with Gasteiger partial charge in [0.05, 0.1) is 17.2 Å². The van der Waals surface area contributed by atoms with E-state index in [-0.39, 0.29) is 23.4 Å². The second-order valence-corrected chi connectivity index (χ2v) is 12.5. The van der Waals surface area contributed by atoms with Crippen LogP contribution >= 0.6 is 11.8 Å². The summed E-state index contributed by atoms with van der Waals surface area (Å²) < 4.78 is 34.6. The standard InChI is InChI=1S/C31H39N3O5S2/c1-6-39-27-14-12-26(13-15-27)34(41(37,38)29-18-16-28(40-5)17-19-29)22-30(35)33(24(4)31(36)32-23(2)3)21-20-25-10-8-7-9-11-25/h7-19,23-24H,6,20-22H2,1-5H3,(H,32,36). The molecule has 1 atom stereocenters. The van der Waals surface area contributed by atoms with Crippen molar-refractivity contribution in [1.82, 2.24) is 10.2 Å². The Hall–Kier alpha value is -3.50. The van der Waals surface area contributed by atoms with Crippen molar-refractivity contribution in [3.05, 3.63) is 84.4 Å². The summed E-state index contributed by atoms with van der Waals surface area (Å²) in [5.74, 6) is -0.192. The lowest BCUT2D eigenvalue weighted by Crippen LogP contribution is -2.53. The van der Waals surface area contributed by atoms with Crippen molar-refractivity contribution in [3.8, 4) is 5.75 Å². The van der Waals surface area contributed by atoms with Gasteiger partial charge in [-0.15, -0.1) is 11.8 Å². The van der Waals surface area contributed by atoms with Gasteiger partial charge >= 0.3 is 0 Å². The number of nitrogens with zero attached hydrogens (tertiary/aromatic N) is 2. The molecule has 0 radical (unpaired) electrons. The number of anilines is 1. The molecule has 0 spiro atoms. The number of hydrogen-bond acceptors (Lipinski definition) is 6. The highest BCUT2D eigenvalue weighted by Crippen LogP contribution is 2.27. The zero-order valence-corrected chi connectivity index (χ0v) is 25.9. The Morgan fingerprint density at radius 3 is 2.12 bits per heavy atom. The smallest absolute Gasteiger partial charge is 0.264 e. The average molecular weight is 598 g/mol. The van der Waals surface area contributed by atoms with E-state index in [9.17, 15) is 18.0 Å². The molecule has 1 N–H and O–H groups in total. The van der Waals surface area contributed by atoms with Crippen molar-refractivity contribution >= 4 is 39.3 Å². The molecule has 1 unspecified atom stereocenters. The first kappa shape index (κ1) is 32.0. The minimum Gasteiger partial charge on any atom is -0.494 e. The number of carbonyl (C=O) groups excluding carboxylic acids is 2. The lowest BCUT2D eigenvalue weighted by Gasteiger charge is -2.32. The van der Waals surface area contributed by atoms with E-state index in [2.05, 4.69) is 5.32 Å². The molecule has 2 amide bonds. The van der Waals surface area contributed by atoms with Gasteiger partial charge in [0.25, 0.3) is 10.0 Å². The molecule has 0 saturated heterocycles. The summed E-state index contributed by atoms with van der Waals surface area (Å²) in [7, 11) is -4.13. The van der Waals surface area contributed by atoms with Gasteiger partial charge in [0, 0.05) is 17.5 Å². The summed E-state index contributed by atoms with van der Waals surface area (Å²) >= 11 is 1.51. The van der Waals surface area contributed by atoms with Crippen LogP contribution in [0.15, 0.2) is 88.7 Å². The SMILES string of the molecule is CCOc1ccc(N(CC(=O)N(CCc2ccccc2)C(C)C(=O)NC(C)C)S(=O)(=O)c2ccc(SC)cc2)cc1. The Kier molecular flexibility index (Phi) is 11.7. The first-order chi connectivity index (χ1) is 19.6. The molecule has 3 aromatic rings. The molecule has 0 saturated carbocycles. The molecule has 0 aliphatic rings. The number of thioether (sulfide) groups is 1. The number of nitrogens with one attached hydrogen (secondary N) is 1. The highest BCUT2D eigenvalue weighted by molar-refractivity contribution is 7.98. The summed E-state index contributed by atoms with van der Waals surface area (Å²) in [6, 6.07) is 21.9. The van der Waals surface area contributed by atoms with Gasteiger partial charge in [-0.2, -0.15) is 0 Å². The predicted octanol–water partition coefficient (Wildman–Crippen LogP) is 4.99. The molecular weight excluding hydrogens is 558 g/mol. The van der Waals surface area contributed by atoms with Gasteiger partial charge < -0.3 is 15.0 Å². The van der Waals surface area contributed by atoms with Gasteiger partial charge in [0.1, 0.15) is 18.3 Å². The number of ether oxygens (including phenoxy) is 1. The molecule has 41 heavy (non-hydrogen) atoms. The monoisotopic (exact) mass is 597 g/mol. The van der Waals surface area contributed by atoms with Crippen LogP contribution in [0.25, 0.3) is 0 Å². The Labute approximate surface area is 248 Å². The maximum absolute atomic E-state index is 14.0. The zero-order valence-electron chi connectivity index (χ0n) is 24.2. The maximum atomic E-state index is 14.0. The van der Waals surface area contributed by atoms with Gasteiger partial charge in [-0.05, 0) is 94.5 Å². The lowest BCUT2D eigenvalue weighted by molar-refractivity contribution is -0.139. The van der Waals surface area contributed by atoms with Crippen LogP contribution in [0.2, 0.25) is 0 Å². The molecule has 3 aromatic carbocycles. The van der Waals surface area contributed by atoms with Crippen molar-refractivity contribution in [2.75, 3.05) is 30.3 Å². The number of amides is 2. The Bertz CT molecular complexity index is 1380. The van der Waals surface area contributed by atoms with E-state index in [1.807, 2.05) is 57.4 Å². The first-order valence-electron chi connectivity index (χ1n) is 13.6. The molecule has 0 heterocycles. The van der Waals surface area contributed by atoms with Crippen LogP contribution in [0.1, 0.15) is 33.3 Å². The highest BCUT2D eigenvalue weighted by atomic mass is 32.2. The summed E-state index contributed by atoms with van der Waals surface area (Å²) in [5, 5.41) is 2.87. The summed E-state index contributed by atoms with van der Waals surface area (Å²) in [6.07, 6.45) is 2.42. The Morgan fingerprint density at radius 2 is 1.56 bits per heavy atom. The quantitative estimate of drug-likeness (QED) is 0.263. The van der Waals surface area contributed by atoms with E-state index in [4.69, 9.17) is 4.74 Å². The van der Waals surface area contributed by atoms with Gasteiger partial charge in [0.15, 0.2) is 0 Å². The van der Waals surface area contributed by atoms with E-state index in [0.29, 0.717) is 24.5 Å². The number of rotatable bonds is 14. The van der Waals surface area contributed by atoms with Crippen LogP contribution < -0.4 is 14.4 Å². The van der Waals surface area contributed by atoms with E-state index in [1.54, 1.807) is 55.5 Å². The normalized spacial score (nSPS) is 12.0. The van der Waals surface area contributed by atoms with Crippen molar-refractivity contribution in [3.63, 3.8) is 0 Å². The third-order valence-corrected chi connectivity index (χ3v) is 8.98. The van der Waals surface area contributed by atoms with Gasteiger partial charge in [0.2, 0.25) is 11.8 Å². The van der Waals surface area contributed by atoms with Crippen molar-refractivity contribution in [2.45, 2.75) is 56.0 Å². The molecule has 0 fully saturated rings. The fraction of sp³-hybridized carbons (Fsp3) is 0.355. The second-order valence-electron chi connectivity index (χ2n) is 9.78. The number of carbonyl (C=O) groups is 2. The molecule has 3 rings (SSSR count). The minimum atomic E-state index is -4.13. The van der Waals surface area contributed by atoms with Crippen LogP contribution in [0.3, 0.4) is 0 Å². The van der Waals surface area contributed by atoms with Crippen molar-refractivity contribution in [1.29, 1.82) is 0 Å². The third kappa shape index (κ3) is 8.74. The van der Waals surface area contributed by atoms with Crippen LogP contribution in [0.4, 0.5) is 5.69 Å². The van der Waals surface area contributed by atoms with Gasteiger partial charge in [-0.3, -0.25) is 13.9 Å². The maximum Gasteiger partial charge on any atom is 0.264 e. The summed E-state index contributed by atoms with van der Waals surface area (Å²) in [5.41, 5.74) is 1.32.